The summed E-state index contributed by atoms with van der Waals surface area (Å²) in [7, 11) is 0. The van der Waals surface area contributed by atoms with Gasteiger partial charge in [-0.3, -0.25) is 9.59 Å². The molecule has 0 radical (unpaired) electrons. The number of amides is 1. The highest BCUT2D eigenvalue weighted by atomic mass is 19.1. The van der Waals surface area contributed by atoms with Crippen LogP contribution in [0.1, 0.15) is 80.1 Å². The van der Waals surface area contributed by atoms with E-state index in [9.17, 15) is 14.0 Å². The van der Waals surface area contributed by atoms with Gasteiger partial charge in [-0.25, -0.2) is 4.39 Å². The Labute approximate surface area is 177 Å². The molecule has 1 atom stereocenters. The van der Waals surface area contributed by atoms with Crippen molar-refractivity contribution in [3.63, 3.8) is 0 Å². The molecule has 2 aliphatic carbocycles. The van der Waals surface area contributed by atoms with Crippen molar-refractivity contribution in [2.45, 2.75) is 70.4 Å². The van der Waals surface area contributed by atoms with E-state index in [2.05, 4.69) is 17.2 Å². The number of carboxylic acids is 1. The lowest BCUT2D eigenvalue weighted by atomic mass is 9.71. The zero-order chi connectivity index (χ0) is 21.4. The number of carboxylic acid groups (broad SMARTS) is 1. The fraction of sp³-hybridized carbons (Fsp3) is 0.520. The molecule has 1 fully saturated rings. The van der Waals surface area contributed by atoms with Crippen LogP contribution in [-0.4, -0.2) is 29.7 Å². The van der Waals surface area contributed by atoms with Crippen molar-refractivity contribution in [3.05, 3.63) is 47.0 Å². The summed E-state index contributed by atoms with van der Waals surface area (Å²) in [4.78, 5) is 23.6. The lowest BCUT2D eigenvalue weighted by Gasteiger charge is -2.37. The summed E-state index contributed by atoms with van der Waals surface area (Å²) >= 11 is 0. The van der Waals surface area contributed by atoms with E-state index < -0.39 is 12.1 Å². The summed E-state index contributed by atoms with van der Waals surface area (Å²) in [5.74, 6) is 4.96. The van der Waals surface area contributed by atoms with Gasteiger partial charge >= 0.3 is 5.97 Å². The van der Waals surface area contributed by atoms with Gasteiger partial charge in [-0.05, 0) is 68.2 Å². The molecule has 3 rings (SSSR count). The van der Waals surface area contributed by atoms with E-state index in [4.69, 9.17) is 5.11 Å². The zero-order valence-corrected chi connectivity index (χ0v) is 17.4. The van der Waals surface area contributed by atoms with E-state index in [1.807, 2.05) is 6.08 Å². The van der Waals surface area contributed by atoms with Crippen LogP contribution in [0.25, 0.3) is 0 Å². The van der Waals surface area contributed by atoms with Crippen LogP contribution in [0.3, 0.4) is 0 Å². The summed E-state index contributed by atoms with van der Waals surface area (Å²) in [5.41, 5.74) is 1.73. The first-order valence-electron chi connectivity index (χ1n) is 10.9. The molecule has 1 aromatic rings. The van der Waals surface area contributed by atoms with Crippen molar-refractivity contribution in [3.8, 4) is 11.8 Å². The summed E-state index contributed by atoms with van der Waals surface area (Å²) in [5, 5.41) is 12.1. The Hall–Kier alpha value is -2.61. The van der Waals surface area contributed by atoms with E-state index in [1.54, 1.807) is 24.3 Å². The lowest BCUT2D eigenvalue weighted by molar-refractivity contribution is -0.137. The topological polar surface area (TPSA) is 66.4 Å². The third-order valence-corrected chi connectivity index (χ3v) is 6.27. The van der Waals surface area contributed by atoms with Gasteiger partial charge in [-0.15, -0.1) is 0 Å². The van der Waals surface area contributed by atoms with Crippen LogP contribution in [0.15, 0.2) is 35.9 Å². The van der Waals surface area contributed by atoms with Crippen LogP contribution < -0.4 is 5.32 Å². The maximum atomic E-state index is 13.8. The minimum Gasteiger partial charge on any atom is -0.481 e. The molecule has 5 heteroatoms. The molecular weight excluding hydrogens is 381 g/mol. The molecule has 0 aromatic heterocycles. The van der Waals surface area contributed by atoms with Gasteiger partial charge in [0.2, 0.25) is 0 Å². The lowest BCUT2D eigenvalue weighted by Crippen LogP contribution is -2.39. The second kappa shape index (κ2) is 10.4. The first kappa shape index (κ1) is 22.1. The van der Waals surface area contributed by atoms with Crippen molar-refractivity contribution >= 4 is 11.9 Å². The van der Waals surface area contributed by atoms with Crippen molar-refractivity contribution in [1.82, 2.24) is 5.32 Å². The van der Waals surface area contributed by atoms with Crippen LogP contribution >= 0.6 is 0 Å². The molecular formula is C25H30FNO3. The third kappa shape index (κ3) is 6.19. The van der Waals surface area contributed by atoms with Gasteiger partial charge in [-0.1, -0.05) is 37.2 Å². The minimum atomic E-state index is -0.968. The van der Waals surface area contributed by atoms with E-state index in [1.165, 1.54) is 6.42 Å². The van der Waals surface area contributed by atoms with Crippen LogP contribution in [0, 0.1) is 17.3 Å². The number of hydrogen-bond donors (Lipinski definition) is 2. The molecule has 1 aromatic carbocycles. The molecule has 0 heterocycles. The maximum Gasteiger partial charge on any atom is 0.303 e. The number of benzene rings is 1. The van der Waals surface area contributed by atoms with Crippen LogP contribution in [0.2, 0.25) is 0 Å². The quantitative estimate of drug-likeness (QED) is 0.645. The van der Waals surface area contributed by atoms with Crippen LogP contribution in [0.5, 0.6) is 0 Å². The molecule has 2 N–H and O–H groups in total. The summed E-state index contributed by atoms with van der Waals surface area (Å²) in [6.45, 7) is 0.507. The highest BCUT2D eigenvalue weighted by molar-refractivity contribution is 5.94. The highest BCUT2D eigenvalue weighted by Gasteiger charge is 2.32. The number of aliphatic carboxylic acids is 1. The van der Waals surface area contributed by atoms with Gasteiger partial charge in [0, 0.05) is 29.7 Å². The average molecular weight is 412 g/mol. The number of carbonyl (C=O) groups is 2. The van der Waals surface area contributed by atoms with Gasteiger partial charge in [-0.2, -0.15) is 0 Å². The molecule has 4 nitrogen and oxygen atoms in total. The smallest absolute Gasteiger partial charge is 0.303 e. The predicted octanol–water partition coefficient (Wildman–Crippen LogP) is 5.03. The number of allylic oxidation sites excluding steroid dienone is 2. The molecule has 0 bridgehead atoms. The van der Waals surface area contributed by atoms with E-state index in [-0.39, 0.29) is 17.7 Å². The largest absolute Gasteiger partial charge is 0.481 e. The highest BCUT2D eigenvalue weighted by Crippen LogP contribution is 2.39. The van der Waals surface area contributed by atoms with Gasteiger partial charge < -0.3 is 10.4 Å². The zero-order valence-electron chi connectivity index (χ0n) is 17.4. The molecule has 1 amide bonds. The molecule has 1 saturated carbocycles. The number of carbonyl (C=O) groups excluding carboxylic acids is 1. The minimum absolute atomic E-state index is 0.117. The molecule has 2 aliphatic rings. The van der Waals surface area contributed by atoms with Crippen LogP contribution in [0.4, 0.5) is 4.39 Å². The molecule has 160 valence electrons. The Kier molecular flexibility index (Phi) is 7.68. The summed E-state index contributed by atoms with van der Waals surface area (Å²) in [6, 6.07) is 7.01. The second-order valence-electron chi connectivity index (χ2n) is 8.52. The normalized spacial score (nSPS) is 20.4. The molecule has 0 saturated heterocycles. The predicted molar refractivity (Wildman–Crippen MR) is 115 cm³/mol. The SMILES string of the molecule is O=C(O)CCC1(CNC(=O)c2ccc(C#CC3=CCCCC3F)cc2)CCCCC1. The Bertz CT molecular complexity index is 841. The third-order valence-electron chi connectivity index (χ3n) is 6.27. The van der Waals surface area contributed by atoms with Gasteiger partial charge in [0.25, 0.3) is 5.91 Å². The number of halogens is 1. The Balaban J connectivity index is 1.59. The number of rotatable bonds is 6. The Morgan fingerprint density at radius 2 is 1.83 bits per heavy atom. The maximum absolute atomic E-state index is 13.8. The second-order valence-corrected chi connectivity index (χ2v) is 8.52. The van der Waals surface area contributed by atoms with E-state index in [0.29, 0.717) is 30.5 Å². The van der Waals surface area contributed by atoms with Gasteiger partial charge in [0.15, 0.2) is 0 Å². The molecule has 1 unspecified atom stereocenters. The first-order chi connectivity index (χ1) is 14.5. The molecule has 0 aliphatic heterocycles. The van der Waals surface area contributed by atoms with E-state index in [0.717, 1.165) is 44.1 Å². The van der Waals surface area contributed by atoms with Crippen molar-refractivity contribution in [1.29, 1.82) is 0 Å². The Morgan fingerprint density at radius 1 is 1.10 bits per heavy atom. The van der Waals surface area contributed by atoms with E-state index >= 15 is 0 Å². The molecule has 0 spiro atoms. The van der Waals surface area contributed by atoms with Gasteiger partial charge in [0.05, 0.1) is 0 Å². The summed E-state index contributed by atoms with van der Waals surface area (Å²) in [6.07, 6.45) is 9.17. The molecule has 30 heavy (non-hydrogen) atoms. The summed E-state index contributed by atoms with van der Waals surface area (Å²) < 4.78 is 13.8. The van der Waals surface area contributed by atoms with Crippen molar-refractivity contribution < 1.29 is 19.1 Å². The number of alkyl halides is 1. The van der Waals surface area contributed by atoms with Crippen molar-refractivity contribution in [2.75, 3.05) is 6.54 Å². The fourth-order valence-corrected chi connectivity index (χ4v) is 4.38. The Morgan fingerprint density at radius 3 is 2.50 bits per heavy atom. The van der Waals surface area contributed by atoms with Gasteiger partial charge in [0.1, 0.15) is 6.17 Å². The standard InChI is InChI=1S/C25H30FNO3/c26-22-7-3-2-6-20(22)11-8-19-9-12-21(13-10-19)24(30)27-18-25(17-14-23(28)29)15-4-1-5-16-25/h6,9-10,12-13,22H,1-5,7,14-18H2,(H,27,30)(H,28,29). The fourth-order valence-electron chi connectivity index (χ4n) is 4.38. The van der Waals surface area contributed by atoms with Crippen LogP contribution in [-0.2, 0) is 4.79 Å². The number of nitrogens with one attached hydrogen (secondary N) is 1. The monoisotopic (exact) mass is 411 g/mol. The average Bonchev–Trinajstić information content (AvgIpc) is 2.77. The first-order valence-corrected chi connectivity index (χ1v) is 10.9. The number of hydrogen-bond acceptors (Lipinski definition) is 2. The van der Waals surface area contributed by atoms with Crippen molar-refractivity contribution in [2.24, 2.45) is 5.41 Å².